The Morgan fingerprint density at radius 1 is 1.13 bits per heavy atom. The molecule has 23 heavy (non-hydrogen) atoms. The molecule has 0 aromatic heterocycles. The number of carbonyl (C=O) groups is 1. The molecule has 4 heteroatoms. The van der Waals surface area contributed by atoms with Gasteiger partial charge in [0.15, 0.2) is 6.61 Å². The van der Waals surface area contributed by atoms with Crippen LogP contribution in [0.3, 0.4) is 0 Å². The molecule has 0 unspecified atom stereocenters. The molecule has 2 aromatic carbocycles. The van der Waals surface area contributed by atoms with Crippen LogP contribution in [-0.2, 0) is 24.1 Å². The highest BCUT2D eigenvalue weighted by Crippen LogP contribution is 2.25. The highest BCUT2D eigenvalue weighted by atomic mass is 19.1. The van der Waals surface area contributed by atoms with Crippen LogP contribution in [-0.4, -0.2) is 19.1 Å². The van der Waals surface area contributed by atoms with Crippen molar-refractivity contribution in [2.75, 3.05) is 13.2 Å². The van der Waals surface area contributed by atoms with Gasteiger partial charge in [0.25, 0.3) is 5.91 Å². The molecule has 1 amide bonds. The first-order valence-electron chi connectivity index (χ1n) is 7.97. The largest absolute Gasteiger partial charge is 0.484 e. The molecule has 0 aliphatic heterocycles. The van der Waals surface area contributed by atoms with Crippen LogP contribution in [0, 0.1) is 5.82 Å². The maximum Gasteiger partial charge on any atom is 0.257 e. The molecular weight excluding hydrogens is 293 g/mol. The number of fused-ring (bicyclic) bond motifs is 1. The number of rotatable bonds is 6. The van der Waals surface area contributed by atoms with Gasteiger partial charge in [-0.25, -0.2) is 4.39 Å². The van der Waals surface area contributed by atoms with E-state index in [2.05, 4.69) is 11.4 Å². The summed E-state index contributed by atoms with van der Waals surface area (Å²) in [5.41, 5.74) is 3.31. The summed E-state index contributed by atoms with van der Waals surface area (Å²) < 4.78 is 19.0. The highest BCUT2D eigenvalue weighted by molar-refractivity contribution is 5.77. The molecule has 120 valence electrons. The quantitative estimate of drug-likeness (QED) is 0.890. The zero-order valence-electron chi connectivity index (χ0n) is 13.0. The molecule has 1 aliphatic carbocycles. The van der Waals surface area contributed by atoms with Gasteiger partial charge in [-0.15, -0.1) is 0 Å². The van der Waals surface area contributed by atoms with Crippen molar-refractivity contribution < 1.29 is 13.9 Å². The summed E-state index contributed by atoms with van der Waals surface area (Å²) in [7, 11) is 0. The first kappa shape index (κ1) is 15.5. The molecule has 3 rings (SSSR count). The average molecular weight is 313 g/mol. The number of benzene rings is 2. The van der Waals surface area contributed by atoms with E-state index in [1.54, 1.807) is 18.2 Å². The molecule has 0 radical (unpaired) electrons. The van der Waals surface area contributed by atoms with E-state index in [1.165, 1.54) is 23.6 Å². The average Bonchev–Trinajstić information content (AvgIpc) is 3.02. The van der Waals surface area contributed by atoms with Gasteiger partial charge >= 0.3 is 0 Å². The lowest BCUT2D eigenvalue weighted by Crippen LogP contribution is -2.30. The predicted octanol–water partition coefficient (Wildman–Crippen LogP) is 3.05. The highest BCUT2D eigenvalue weighted by Gasteiger charge is 2.11. The molecule has 2 aromatic rings. The standard InChI is InChI=1S/C19H20FNO2/c20-18-7-2-1-4-15(18)10-11-21-19(22)13-23-17-9-8-14-5-3-6-16(14)12-17/h1-2,4,7-9,12H,3,5-6,10-11,13H2,(H,21,22). The summed E-state index contributed by atoms with van der Waals surface area (Å²) in [6.07, 6.45) is 3.88. The Bertz CT molecular complexity index is 700. The van der Waals surface area contributed by atoms with Crippen LogP contribution >= 0.6 is 0 Å². The first-order chi connectivity index (χ1) is 11.2. The molecule has 0 bridgehead atoms. The van der Waals surface area contributed by atoms with E-state index in [9.17, 15) is 9.18 Å². The lowest BCUT2D eigenvalue weighted by Gasteiger charge is -2.09. The van der Waals surface area contributed by atoms with Crippen molar-refractivity contribution in [1.82, 2.24) is 5.32 Å². The fourth-order valence-corrected chi connectivity index (χ4v) is 2.88. The van der Waals surface area contributed by atoms with Crippen LogP contribution in [0.4, 0.5) is 4.39 Å². The Kier molecular flexibility index (Phi) is 4.91. The smallest absolute Gasteiger partial charge is 0.257 e. The molecule has 3 nitrogen and oxygen atoms in total. The zero-order valence-corrected chi connectivity index (χ0v) is 13.0. The van der Waals surface area contributed by atoms with Crippen molar-refractivity contribution in [2.45, 2.75) is 25.7 Å². The van der Waals surface area contributed by atoms with Crippen LogP contribution < -0.4 is 10.1 Å². The van der Waals surface area contributed by atoms with E-state index in [0.717, 1.165) is 18.6 Å². The SMILES string of the molecule is O=C(COc1ccc2c(c1)CCC2)NCCc1ccccc1F. The molecule has 0 spiro atoms. The Labute approximate surface area is 135 Å². The summed E-state index contributed by atoms with van der Waals surface area (Å²) >= 11 is 0. The van der Waals surface area contributed by atoms with Gasteiger partial charge in [-0.3, -0.25) is 4.79 Å². The van der Waals surface area contributed by atoms with Crippen molar-refractivity contribution in [3.8, 4) is 5.75 Å². The summed E-state index contributed by atoms with van der Waals surface area (Å²) in [6, 6.07) is 12.6. The second-order valence-electron chi connectivity index (χ2n) is 5.76. The van der Waals surface area contributed by atoms with Gasteiger partial charge in [0.1, 0.15) is 11.6 Å². The van der Waals surface area contributed by atoms with Crippen molar-refractivity contribution in [3.05, 3.63) is 65.0 Å². The number of hydrogen-bond acceptors (Lipinski definition) is 2. The van der Waals surface area contributed by atoms with Gasteiger partial charge in [-0.05, 0) is 60.6 Å². The maximum atomic E-state index is 13.5. The third kappa shape index (κ3) is 4.09. The third-order valence-electron chi connectivity index (χ3n) is 4.11. The topological polar surface area (TPSA) is 38.3 Å². The van der Waals surface area contributed by atoms with E-state index in [1.807, 2.05) is 12.1 Å². The molecule has 1 aliphatic rings. The van der Waals surface area contributed by atoms with E-state index >= 15 is 0 Å². The van der Waals surface area contributed by atoms with E-state index in [-0.39, 0.29) is 18.3 Å². The fraction of sp³-hybridized carbons (Fsp3) is 0.316. The number of carbonyl (C=O) groups excluding carboxylic acids is 1. The van der Waals surface area contributed by atoms with Gasteiger partial charge in [0.05, 0.1) is 0 Å². The molecule has 0 fully saturated rings. The van der Waals surface area contributed by atoms with Gasteiger partial charge < -0.3 is 10.1 Å². The van der Waals surface area contributed by atoms with E-state index in [4.69, 9.17) is 4.74 Å². The second-order valence-corrected chi connectivity index (χ2v) is 5.76. The van der Waals surface area contributed by atoms with Gasteiger partial charge in [-0.2, -0.15) is 0 Å². The Balaban J connectivity index is 1.42. The Morgan fingerprint density at radius 3 is 2.83 bits per heavy atom. The van der Waals surface area contributed by atoms with Crippen molar-refractivity contribution >= 4 is 5.91 Å². The van der Waals surface area contributed by atoms with Crippen molar-refractivity contribution in [2.24, 2.45) is 0 Å². The number of hydrogen-bond donors (Lipinski definition) is 1. The predicted molar refractivity (Wildman–Crippen MR) is 87.1 cm³/mol. The second kappa shape index (κ2) is 7.27. The summed E-state index contributed by atoms with van der Waals surface area (Å²) in [5.74, 6) is 0.299. The van der Waals surface area contributed by atoms with Crippen LogP contribution in [0.25, 0.3) is 0 Å². The lowest BCUT2D eigenvalue weighted by molar-refractivity contribution is -0.123. The summed E-state index contributed by atoms with van der Waals surface area (Å²) in [6.45, 7) is 0.378. The number of nitrogens with one attached hydrogen (secondary N) is 1. The monoisotopic (exact) mass is 313 g/mol. The van der Waals surface area contributed by atoms with Gasteiger partial charge in [0, 0.05) is 6.54 Å². The summed E-state index contributed by atoms with van der Waals surface area (Å²) in [5, 5.41) is 2.75. The maximum absolute atomic E-state index is 13.5. The van der Waals surface area contributed by atoms with Gasteiger partial charge in [-0.1, -0.05) is 24.3 Å². The Morgan fingerprint density at radius 2 is 1.96 bits per heavy atom. The minimum atomic E-state index is -0.240. The minimum Gasteiger partial charge on any atom is -0.484 e. The van der Waals surface area contributed by atoms with Crippen molar-refractivity contribution in [3.63, 3.8) is 0 Å². The molecule has 0 heterocycles. The number of aryl methyl sites for hydroxylation is 2. The molecule has 0 saturated carbocycles. The molecule has 0 atom stereocenters. The molecule has 0 saturated heterocycles. The van der Waals surface area contributed by atoms with Crippen LogP contribution in [0.5, 0.6) is 5.75 Å². The summed E-state index contributed by atoms with van der Waals surface area (Å²) in [4.78, 5) is 11.8. The first-order valence-corrected chi connectivity index (χ1v) is 7.97. The van der Waals surface area contributed by atoms with E-state index < -0.39 is 0 Å². The normalized spacial score (nSPS) is 12.7. The van der Waals surface area contributed by atoms with Crippen LogP contribution in [0.15, 0.2) is 42.5 Å². The fourth-order valence-electron chi connectivity index (χ4n) is 2.88. The van der Waals surface area contributed by atoms with Gasteiger partial charge in [0.2, 0.25) is 0 Å². The zero-order chi connectivity index (χ0) is 16.1. The number of amides is 1. The number of halogens is 1. The van der Waals surface area contributed by atoms with Crippen LogP contribution in [0.2, 0.25) is 0 Å². The van der Waals surface area contributed by atoms with Crippen LogP contribution in [0.1, 0.15) is 23.1 Å². The van der Waals surface area contributed by atoms with E-state index in [0.29, 0.717) is 18.5 Å². The molecular formula is C19H20FNO2. The Hall–Kier alpha value is -2.36. The number of ether oxygens (including phenoxy) is 1. The van der Waals surface area contributed by atoms with Crippen molar-refractivity contribution in [1.29, 1.82) is 0 Å². The minimum absolute atomic E-state index is 0.0178. The lowest BCUT2D eigenvalue weighted by atomic mass is 10.1. The third-order valence-corrected chi connectivity index (χ3v) is 4.11. The molecule has 1 N–H and O–H groups in total.